The number of nitrogen functional groups attached to an aromatic ring is 1. The lowest BCUT2D eigenvalue weighted by atomic mass is 10.0. The van der Waals surface area contributed by atoms with Gasteiger partial charge in [-0.1, -0.05) is 12.1 Å². The largest absolute Gasteiger partial charge is 0.435 e. The molecule has 0 radical (unpaired) electrons. The monoisotopic (exact) mass is 353 g/mol. The van der Waals surface area contributed by atoms with Crippen LogP contribution >= 0.6 is 0 Å². The van der Waals surface area contributed by atoms with Crippen molar-refractivity contribution in [2.24, 2.45) is 0 Å². The van der Waals surface area contributed by atoms with Crippen LogP contribution in [0.5, 0.6) is 0 Å². The molecule has 0 aliphatic heterocycles. The summed E-state index contributed by atoms with van der Waals surface area (Å²) in [6.07, 6.45) is -3.63. The summed E-state index contributed by atoms with van der Waals surface area (Å²) in [6.45, 7) is 7.20. The third kappa shape index (κ3) is 3.62. The van der Waals surface area contributed by atoms with Gasteiger partial charge in [-0.3, -0.25) is 0 Å². The van der Waals surface area contributed by atoms with Crippen molar-refractivity contribution in [3.8, 4) is 11.1 Å². The van der Waals surface area contributed by atoms with Crippen molar-refractivity contribution in [2.75, 3.05) is 23.7 Å². The number of hydrogen-bond donors (Lipinski definition) is 2. The Morgan fingerprint density at radius 3 is 2.24 bits per heavy atom. The quantitative estimate of drug-likeness (QED) is 0.764. The molecule has 3 N–H and O–H groups in total. The second kappa shape index (κ2) is 7.16. The molecule has 0 bridgehead atoms. The van der Waals surface area contributed by atoms with Gasteiger partial charge in [-0.05, 0) is 38.5 Å². The number of hydrogen-bond acceptors (Lipinski definition) is 4. The van der Waals surface area contributed by atoms with Crippen LogP contribution in [0, 0.1) is 5.41 Å². The molecule has 0 aliphatic carbocycles. The van der Waals surface area contributed by atoms with Crippen molar-refractivity contribution in [3.05, 3.63) is 30.0 Å². The van der Waals surface area contributed by atoms with Crippen molar-refractivity contribution in [1.29, 1.82) is 5.41 Å². The Morgan fingerprint density at radius 1 is 1.24 bits per heavy atom. The minimum atomic E-state index is -4.63. The molecule has 1 atom stereocenters. The highest BCUT2D eigenvalue weighted by molar-refractivity contribution is 5.79. The van der Waals surface area contributed by atoms with Crippen molar-refractivity contribution >= 4 is 17.7 Å². The molecule has 25 heavy (non-hydrogen) atoms. The first-order chi connectivity index (χ1) is 11.7. The third-order valence-corrected chi connectivity index (χ3v) is 4.13. The maximum atomic E-state index is 13.4. The molecule has 0 spiro atoms. The van der Waals surface area contributed by atoms with E-state index in [1.807, 2.05) is 13.8 Å². The van der Waals surface area contributed by atoms with E-state index in [0.29, 0.717) is 5.56 Å². The predicted octanol–water partition coefficient (Wildman–Crippen LogP) is 4.21. The molecule has 0 saturated carbocycles. The second-order valence-electron chi connectivity index (χ2n) is 5.68. The number of aromatic nitrogens is 2. The van der Waals surface area contributed by atoms with Gasteiger partial charge in [-0.25, -0.2) is 4.68 Å². The number of nitrogens with zero attached hydrogens (tertiary/aromatic N) is 3. The van der Waals surface area contributed by atoms with E-state index >= 15 is 0 Å². The van der Waals surface area contributed by atoms with Crippen molar-refractivity contribution in [3.63, 3.8) is 0 Å². The fourth-order valence-electron chi connectivity index (χ4n) is 2.74. The van der Waals surface area contributed by atoms with Crippen LogP contribution in [0.3, 0.4) is 0 Å². The van der Waals surface area contributed by atoms with Crippen molar-refractivity contribution in [2.45, 2.75) is 33.0 Å². The molecule has 2 aromatic rings. The Hall–Kier alpha value is -2.51. The molecular weight excluding hydrogens is 331 g/mol. The minimum Gasteiger partial charge on any atom is -0.383 e. The van der Waals surface area contributed by atoms with E-state index in [0.717, 1.165) is 29.7 Å². The fourth-order valence-corrected chi connectivity index (χ4v) is 2.74. The summed E-state index contributed by atoms with van der Waals surface area (Å²) in [5.74, 6) is -0.0982. The maximum absolute atomic E-state index is 13.4. The number of nitrogens with two attached hydrogens (primary N) is 1. The molecule has 1 unspecified atom stereocenters. The fraction of sp³-hybridized carbons (Fsp3) is 0.412. The molecule has 2 rings (SSSR count). The van der Waals surface area contributed by atoms with Gasteiger partial charge < -0.3 is 16.0 Å². The molecule has 136 valence electrons. The molecule has 8 heteroatoms. The molecule has 0 saturated heterocycles. The summed E-state index contributed by atoms with van der Waals surface area (Å²) in [6, 6.07) is 6.13. The van der Waals surface area contributed by atoms with Crippen LogP contribution in [-0.4, -0.2) is 29.1 Å². The van der Waals surface area contributed by atoms with Gasteiger partial charge in [0.2, 0.25) is 0 Å². The summed E-state index contributed by atoms with van der Waals surface area (Å²) in [4.78, 5) is 2.10. The third-order valence-electron chi connectivity index (χ3n) is 4.13. The Labute approximate surface area is 144 Å². The first kappa shape index (κ1) is 18.8. The van der Waals surface area contributed by atoms with Crippen molar-refractivity contribution < 1.29 is 13.2 Å². The highest BCUT2D eigenvalue weighted by atomic mass is 19.4. The number of nitrogens with one attached hydrogen (secondary N) is 1. The Bertz CT molecular complexity index is 730. The van der Waals surface area contributed by atoms with E-state index in [1.165, 1.54) is 0 Å². The standard InChI is InChI=1S/C17H22F3N5/c1-4-24(5-2)13-8-6-12(7-9-13)14-15(17(18,19)20)23-25(16(14)22)11(3)10-21/h6-11,21H,4-5,22H2,1-3H3. The lowest BCUT2D eigenvalue weighted by Gasteiger charge is -2.21. The first-order valence-corrected chi connectivity index (χ1v) is 8.05. The van der Waals surface area contributed by atoms with E-state index in [4.69, 9.17) is 11.1 Å². The highest BCUT2D eigenvalue weighted by Crippen LogP contribution is 2.40. The molecule has 0 aliphatic rings. The van der Waals surface area contributed by atoms with Gasteiger partial charge in [0.25, 0.3) is 0 Å². The second-order valence-corrected chi connectivity index (χ2v) is 5.68. The number of benzene rings is 1. The van der Waals surface area contributed by atoms with Gasteiger partial charge in [0.05, 0.1) is 11.6 Å². The maximum Gasteiger partial charge on any atom is 0.435 e. The normalized spacial score (nSPS) is 12.9. The van der Waals surface area contributed by atoms with Crippen LogP contribution < -0.4 is 10.6 Å². The summed E-state index contributed by atoms with van der Waals surface area (Å²) < 4.78 is 41.3. The Morgan fingerprint density at radius 2 is 1.80 bits per heavy atom. The van der Waals surface area contributed by atoms with E-state index in [2.05, 4.69) is 10.00 Å². The lowest BCUT2D eigenvalue weighted by molar-refractivity contribution is -0.141. The molecule has 1 aromatic carbocycles. The molecule has 0 fully saturated rings. The average molecular weight is 353 g/mol. The zero-order valence-electron chi connectivity index (χ0n) is 14.4. The predicted molar refractivity (Wildman–Crippen MR) is 94.1 cm³/mol. The van der Waals surface area contributed by atoms with E-state index < -0.39 is 17.9 Å². The average Bonchev–Trinajstić information content (AvgIpc) is 2.93. The minimum absolute atomic E-state index is 0.0982. The lowest BCUT2D eigenvalue weighted by Crippen LogP contribution is -2.21. The Balaban J connectivity index is 2.57. The van der Waals surface area contributed by atoms with E-state index in [-0.39, 0.29) is 11.4 Å². The van der Waals surface area contributed by atoms with Crippen LogP contribution in [0.4, 0.5) is 24.7 Å². The van der Waals surface area contributed by atoms with Gasteiger partial charge >= 0.3 is 6.18 Å². The summed E-state index contributed by atoms with van der Waals surface area (Å²) in [5.41, 5.74) is 6.05. The molecule has 1 heterocycles. The summed E-state index contributed by atoms with van der Waals surface area (Å²) in [5, 5.41) is 10.9. The van der Waals surface area contributed by atoms with Crippen LogP contribution in [0.15, 0.2) is 24.3 Å². The highest BCUT2D eigenvalue weighted by Gasteiger charge is 2.39. The van der Waals surface area contributed by atoms with Gasteiger partial charge in [-0.2, -0.15) is 18.3 Å². The van der Waals surface area contributed by atoms with Crippen LogP contribution in [0.1, 0.15) is 32.5 Å². The van der Waals surface area contributed by atoms with Crippen LogP contribution in [0.2, 0.25) is 0 Å². The van der Waals surface area contributed by atoms with Crippen LogP contribution in [0.25, 0.3) is 11.1 Å². The number of rotatable bonds is 6. The van der Waals surface area contributed by atoms with Gasteiger partial charge in [0, 0.05) is 25.0 Å². The van der Waals surface area contributed by atoms with Crippen LogP contribution in [-0.2, 0) is 6.18 Å². The van der Waals surface area contributed by atoms with E-state index in [9.17, 15) is 13.2 Å². The zero-order valence-corrected chi connectivity index (χ0v) is 14.4. The summed E-state index contributed by atoms with van der Waals surface area (Å²) in [7, 11) is 0. The van der Waals surface area contributed by atoms with Gasteiger partial charge in [0.1, 0.15) is 5.82 Å². The topological polar surface area (TPSA) is 70.9 Å². The smallest absolute Gasteiger partial charge is 0.383 e. The molecular formula is C17H22F3N5. The van der Waals surface area contributed by atoms with Crippen molar-refractivity contribution in [1.82, 2.24) is 9.78 Å². The molecule has 1 aromatic heterocycles. The van der Waals surface area contributed by atoms with E-state index in [1.54, 1.807) is 31.2 Å². The zero-order chi connectivity index (χ0) is 18.8. The molecule has 5 nitrogen and oxygen atoms in total. The van der Waals surface area contributed by atoms with Gasteiger partial charge in [0.15, 0.2) is 5.69 Å². The number of alkyl halides is 3. The number of halogens is 3. The first-order valence-electron chi connectivity index (χ1n) is 8.05. The number of anilines is 2. The SMILES string of the molecule is CCN(CC)c1ccc(-c2c(C(F)(F)F)nn(C(C)C=N)c2N)cc1. The molecule has 0 amide bonds. The summed E-state index contributed by atoms with van der Waals surface area (Å²) >= 11 is 0. The van der Waals surface area contributed by atoms with Gasteiger partial charge in [-0.15, -0.1) is 0 Å². The Kier molecular flexibility index (Phi) is 5.39.